The monoisotopic (exact) mass is 268 g/mol. The summed E-state index contributed by atoms with van der Waals surface area (Å²) >= 11 is 0. The molecule has 3 heteroatoms. The SMILES string of the molecule is COC1CCCC(N2CCC(CNC(C)C)CC2)C1. The summed E-state index contributed by atoms with van der Waals surface area (Å²) in [6.07, 6.45) is 8.50. The van der Waals surface area contributed by atoms with E-state index in [0.717, 1.165) is 12.0 Å². The summed E-state index contributed by atoms with van der Waals surface area (Å²) in [7, 11) is 1.87. The maximum atomic E-state index is 5.56. The zero-order valence-corrected chi connectivity index (χ0v) is 13.0. The Hall–Kier alpha value is -0.120. The third kappa shape index (κ3) is 4.73. The molecular weight excluding hydrogens is 236 g/mol. The average Bonchev–Trinajstić information content (AvgIpc) is 2.45. The zero-order chi connectivity index (χ0) is 13.7. The van der Waals surface area contributed by atoms with E-state index in [-0.39, 0.29) is 0 Å². The van der Waals surface area contributed by atoms with Gasteiger partial charge in [-0.2, -0.15) is 0 Å². The molecular formula is C16H32N2O. The van der Waals surface area contributed by atoms with Crippen molar-refractivity contribution in [3.63, 3.8) is 0 Å². The molecule has 1 aliphatic carbocycles. The van der Waals surface area contributed by atoms with Crippen LogP contribution in [0.5, 0.6) is 0 Å². The minimum absolute atomic E-state index is 0.513. The molecule has 1 saturated carbocycles. The molecule has 0 radical (unpaired) electrons. The van der Waals surface area contributed by atoms with Gasteiger partial charge in [0.2, 0.25) is 0 Å². The van der Waals surface area contributed by atoms with E-state index in [1.807, 2.05) is 7.11 Å². The number of hydrogen-bond acceptors (Lipinski definition) is 3. The van der Waals surface area contributed by atoms with E-state index in [9.17, 15) is 0 Å². The van der Waals surface area contributed by atoms with Crippen molar-refractivity contribution in [3.05, 3.63) is 0 Å². The maximum absolute atomic E-state index is 5.56. The lowest BCUT2D eigenvalue weighted by molar-refractivity contribution is 0.0176. The number of ether oxygens (including phenoxy) is 1. The molecule has 1 N–H and O–H groups in total. The van der Waals surface area contributed by atoms with Gasteiger partial charge in [-0.1, -0.05) is 13.8 Å². The van der Waals surface area contributed by atoms with Gasteiger partial charge in [0.15, 0.2) is 0 Å². The van der Waals surface area contributed by atoms with Crippen LogP contribution in [-0.2, 0) is 4.74 Å². The first-order valence-electron chi connectivity index (χ1n) is 8.19. The minimum atomic E-state index is 0.513. The number of likely N-dealkylation sites (tertiary alicyclic amines) is 1. The van der Waals surface area contributed by atoms with Crippen LogP contribution in [0.15, 0.2) is 0 Å². The second-order valence-electron chi connectivity index (χ2n) is 6.72. The van der Waals surface area contributed by atoms with Crippen LogP contribution in [0.4, 0.5) is 0 Å². The molecule has 19 heavy (non-hydrogen) atoms. The fraction of sp³-hybridized carbons (Fsp3) is 1.00. The number of nitrogens with one attached hydrogen (secondary N) is 1. The summed E-state index contributed by atoms with van der Waals surface area (Å²) in [6.45, 7) is 8.28. The van der Waals surface area contributed by atoms with Crippen molar-refractivity contribution in [3.8, 4) is 0 Å². The number of nitrogens with zero attached hydrogens (tertiary/aromatic N) is 1. The Balaban J connectivity index is 1.70. The van der Waals surface area contributed by atoms with Crippen molar-refractivity contribution in [2.45, 2.75) is 70.6 Å². The molecule has 1 saturated heterocycles. The second kappa shape index (κ2) is 7.61. The number of piperidine rings is 1. The quantitative estimate of drug-likeness (QED) is 0.829. The van der Waals surface area contributed by atoms with E-state index < -0.39 is 0 Å². The highest BCUT2D eigenvalue weighted by atomic mass is 16.5. The Morgan fingerprint density at radius 2 is 1.89 bits per heavy atom. The van der Waals surface area contributed by atoms with Crippen LogP contribution in [-0.4, -0.2) is 49.8 Å². The van der Waals surface area contributed by atoms with Crippen molar-refractivity contribution in [1.29, 1.82) is 0 Å². The van der Waals surface area contributed by atoms with Crippen molar-refractivity contribution in [2.24, 2.45) is 5.92 Å². The van der Waals surface area contributed by atoms with E-state index in [2.05, 4.69) is 24.1 Å². The molecule has 0 aromatic heterocycles. The van der Waals surface area contributed by atoms with E-state index in [1.165, 1.54) is 58.2 Å². The van der Waals surface area contributed by atoms with Gasteiger partial charge in [-0.15, -0.1) is 0 Å². The van der Waals surface area contributed by atoms with Crippen LogP contribution in [0.3, 0.4) is 0 Å². The fourth-order valence-corrected chi connectivity index (χ4v) is 3.59. The van der Waals surface area contributed by atoms with Gasteiger partial charge in [0.25, 0.3) is 0 Å². The Morgan fingerprint density at radius 1 is 1.16 bits per heavy atom. The first-order valence-corrected chi connectivity index (χ1v) is 8.19. The molecule has 2 rings (SSSR count). The molecule has 2 unspecified atom stereocenters. The lowest BCUT2D eigenvalue weighted by Gasteiger charge is -2.41. The van der Waals surface area contributed by atoms with E-state index in [1.54, 1.807) is 0 Å². The lowest BCUT2D eigenvalue weighted by Crippen LogP contribution is -2.46. The van der Waals surface area contributed by atoms with Gasteiger partial charge < -0.3 is 15.0 Å². The topological polar surface area (TPSA) is 24.5 Å². The predicted octanol–water partition coefficient (Wildman–Crippen LogP) is 2.65. The standard InChI is InChI=1S/C16H32N2O/c1-13(2)17-12-14-7-9-18(10-8-14)15-5-4-6-16(11-15)19-3/h13-17H,4-12H2,1-3H3. The molecule has 2 aliphatic rings. The first kappa shape index (κ1) is 15.3. The molecule has 1 heterocycles. The summed E-state index contributed by atoms with van der Waals surface area (Å²) in [4.78, 5) is 2.73. The Labute approximate surface area is 119 Å². The van der Waals surface area contributed by atoms with Gasteiger partial charge in [0.1, 0.15) is 0 Å². The predicted molar refractivity (Wildman–Crippen MR) is 80.5 cm³/mol. The van der Waals surface area contributed by atoms with Crippen LogP contribution in [0.1, 0.15) is 52.4 Å². The molecule has 112 valence electrons. The molecule has 0 bridgehead atoms. The Kier molecular flexibility index (Phi) is 6.11. The summed E-state index contributed by atoms with van der Waals surface area (Å²) < 4.78 is 5.56. The summed E-state index contributed by atoms with van der Waals surface area (Å²) in [5.41, 5.74) is 0. The normalized spacial score (nSPS) is 30.9. The first-order chi connectivity index (χ1) is 9.19. The van der Waals surface area contributed by atoms with Gasteiger partial charge in [-0.25, -0.2) is 0 Å². The molecule has 0 amide bonds. The minimum Gasteiger partial charge on any atom is -0.381 e. The smallest absolute Gasteiger partial charge is 0.0586 e. The fourth-order valence-electron chi connectivity index (χ4n) is 3.59. The number of methoxy groups -OCH3 is 1. The Morgan fingerprint density at radius 3 is 2.53 bits per heavy atom. The molecule has 0 spiro atoms. The highest BCUT2D eigenvalue weighted by Gasteiger charge is 2.29. The summed E-state index contributed by atoms with van der Waals surface area (Å²) in [6, 6.07) is 1.41. The summed E-state index contributed by atoms with van der Waals surface area (Å²) in [5.74, 6) is 0.889. The van der Waals surface area contributed by atoms with E-state index >= 15 is 0 Å². The van der Waals surface area contributed by atoms with Crippen molar-refractivity contribution in [1.82, 2.24) is 10.2 Å². The van der Waals surface area contributed by atoms with Crippen LogP contribution in [0, 0.1) is 5.92 Å². The van der Waals surface area contributed by atoms with Crippen molar-refractivity contribution >= 4 is 0 Å². The van der Waals surface area contributed by atoms with Crippen LogP contribution >= 0.6 is 0 Å². The largest absolute Gasteiger partial charge is 0.381 e. The molecule has 0 aromatic carbocycles. The highest BCUT2D eigenvalue weighted by Crippen LogP contribution is 2.28. The van der Waals surface area contributed by atoms with Gasteiger partial charge in [0, 0.05) is 19.2 Å². The van der Waals surface area contributed by atoms with Gasteiger partial charge >= 0.3 is 0 Å². The second-order valence-corrected chi connectivity index (χ2v) is 6.72. The highest BCUT2D eigenvalue weighted by molar-refractivity contribution is 4.84. The van der Waals surface area contributed by atoms with Gasteiger partial charge in [0.05, 0.1) is 6.10 Å². The van der Waals surface area contributed by atoms with Crippen LogP contribution in [0.2, 0.25) is 0 Å². The van der Waals surface area contributed by atoms with Crippen molar-refractivity contribution < 1.29 is 4.74 Å². The molecule has 0 aromatic rings. The number of hydrogen-bond donors (Lipinski definition) is 1. The third-order valence-corrected chi connectivity index (χ3v) is 4.91. The van der Waals surface area contributed by atoms with Crippen LogP contribution in [0.25, 0.3) is 0 Å². The summed E-state index contributed by atoms with van der Waals surface area (Å²) in [5, 5.41) is 3.59. The lowest BCUT2D eigenvalue weighted by atomic mass is 9.88. The molecule has 2 fully saturated rings. The number of rotatable bonds is 5. The van der Waals surface area contributed by atoms with E-state index in [0.29, 0.717) is 12.1 Å². The molecule has 2 atom stereocenters. The zero-order valence-electron chi connectivity index (χ0n) is 13.0. The van der Waals surface area contributed by atoms with E-state index in [4.69, 9.17) is 4.74 Å². The van der Waals surface area contributed by atoms with Gasteiger partial charge in [-0.3, -0.25) is 0 Å². The Bertz CT molecular complexity index is 249. The van der Waals surface area contributed by atoms with Gasteiger partial charge in [-0.05, 0) is 64.1 Å². The third-order valence-electron chi connectivity index (χ3n) is 4.91. The van der Waals surface area contributed by atoms with Crippen molar-refractivity contribution in [2.75, 3.05) is 26.7 Å². The molecule has 1 aliphatic heterocycles. The maximum Gasteiger partial charge on any atom is 0.0586 e. The molecule has 3 nitrogen and oxygen atoms in total. The average molecular weight is 268 g/mol. The van der Waals surface area contributed by atoms with Crippen LogP contribution < -0.4 is 5.32 Å².